The highest BCUT2D eigenvalue weighted by Crippen LogP contribution is 2.18. The quantitative estimate of drug-likeness (QED) is 0.643. The van der Waals surface area contributed by atoms with Gasteiger partial charge in [-0.1, -0.05) is 43.4 Å². The van der Waals surface area contributed by atoms with E-state index in [1.807, 2.05) is 19.1 Å². The Bertz CT molecular complexity index is 468. The summed E-state index contributed by atoms with van der Waals surface area (Å²) in [4.78, 5) is 12.1. The molecule has 0 spiro atoms. The summed E-state index contributed by atoms with van der Waals surface area (Å²) in [6.07, 6.45) is 7.91. The fourth-order valence-corrected chi connectivity index (χ4v) is 3.06. The summed E-state index contributed by atoms with van der Waals surface area (Å²) in [6.45, 7) is 3.36. The summed E-state index contributed by atoms with van der Waals surface area (Å²) in [6, 6.07) is 6.06. The number of hydrogen-bond donors (Lipinski definition) is 2. The van der Waals surface area contributed by atoms with Gasteiger partial charge in [-0.25, -0.2) is 0 Å². The predicted octanol–water partition coefficient (Wildman–Crippen LogP) is 3.69. The lowest BCUT2D eigenvalue weighted by molar-refractivity contribution is 0.0953. The maximum Gasteiger partial charge on any atom is 0.251 e. The number of benzene rings is 1. The van der Waals surface area contributed by atoms with E-state index in [2.05, 4.69) is 10.6 Å². The molecule has 21 heavy (non-hydrogen) atoms. The Labute approximate surface area is 132 Å². The molecule has 2 N–H and O–H groups in total. The standard InChI is InChI=1S/C17H25ClN2O/c1-13-15(9-6-10-16(13)18)17(21)20-12-11-19-14-7-4-2-3-5-8-14/h6,9-10,14,19H,2-5,7-8,11-12H2,1H3,(H,20,21). The highest BCUT2D eigenvalue weighted by molar-refractivity contribution is 6.31. The minimum absolute atomic E-state index is 0.0438. The largest absolute Gasteiger partial charge is 0.351 e. The molecule has 116 valence electrons. The second kappa shape index (κ2) is 8.40. The molecule has 2 rings (SSSR count). The molecule has 4 heteroatoms. The third-order valence-corrected chi connectivity index (χ3v) is 4.62. The van der Waals surface area contributed by atoms with Crippen molar-refractivity contribution in [3.8, 4) is 0 Å². The van der Waals surface area contributed by atoms with Gasteiger partial charge in [0.15, 0.2) is 0 Å². The number of hydrogen-bond acceptors (Lipinski definition) is 2. The summed E-state index contributed by atoms with van der Waals surface area (Å²) in [7, 11) is 0. The van der Waals surface area contributed by atoms with Gasteiger partial charge in [0, 0.05) is 29.7 Å². The number of carbonyl (C=O) groups is 1. The van der Waals surface area contributed by atoms with E-state index in [1.165, 1.54) is 38.5 Å². The molecule has 1 fully saturated rings. The van der Waals surface area contributed by atoms with Crippen LogP contribution in [0.1, 0.15) is 54.4 Å². The van der Waals surface area contributed by atoms with Gasteiger partial charge in [0.25, 0.3) is 5.91 Å². The molecule has 1 aliphatic carbocycles. The summed E-state index contributed by atoms with van der Waals surface area (Å²) in [5.74, 6) is -0.0438. The van der Waals surface area contributed by atoms with Crippen molar-refractivity contribution in [3.05, 3.63) is 34.3 Å². The molecule has 1 aromatic carbocycles. The summed E-state index contributed by atoms with van der Waals surface area (Å²) in [5.41, 5.74) is 1.50. The van der Waals surface area contributed by atoms with Gasteiger partial charge in [0.2, 0.25) is 0 Å². The fourth-order valence-electron chi connectivity index (χ4n) is 2.88. The van der Waals surface area contributed by atoms with E-state index in [1.54, 1.807) is 6.07 Å². The first kappa shape index (κ1) is 16.3. The van der Waals surface area contributed by atoms with Crippen LogP contribution >= 0.6 is 11.6 Å². The van der Waals surface area contributed by atoms with E-state index in [4.69, 9.17) is 11.6 Å². The molecule has 0 saturated heterocycles. The molecule has 0 radical (unpaired) electrons. The van der Waals surface area contributed by atoms with Gasteiger partial charge in [0.05, 0.1) is 0 Å². The number of carbonyl (C=O) groups excluding carboxylic acids is 1. The maximum absolute atomic E-state index is 12.1. The van der Waals surface area contributed by atoms with Crippen molar-refractivity contribution in [1.82, 2.24) is 10.6 Å². The van der Waals surface area contributed by atoms with Crippen LogP contribution in [-0.2, 0) is 0 Å². The van der Waals surface area contributed by atoms with Crippen LogP contribution in [-0.4, -0.2) is 25.0 Å². The molecule has 0 aromatic heterocycles. The Hall–Kier alpha value is -1.06. The lowest BCUT2D eigenvalue weighted by atomic mass is 10.1. The van der Waals surface area contributed by atoms with E-state index in [9.17, 15) is 4.79 Å². The number of nitrogens with one attached hydrogen (secondary N) is 2. The Morgan fingerprint density at radius 3 is 2.62 bits per heavy atom. The van der Waals surface area contributed by atoms with E-state index < -0.39 is 0 Å². The topological polar surface area (TPSA) is 41.1 Å². The summed E-state index contributed by atoms with van der Waals surface area (Å²) < 4.78 is 0. The van der Waals surface area contributed by atoms with Gasteiger partial charge in [-0.15, -0.1) is 0 Å². The van der Waals surface area contributed by atoms with E-state index in [0.29, 0.717) is 23.2 Å². The summed E-state index contributed by atoms with van der Waals surface area (Å²) >= 11 is 6.04. The molecule has 1 saturated carbocycles. The molecule has 1 amide bonds. The van der Waals surface area contributed by atoms with Gasteiger partial charge in [0.1, 0.15) is 0 Å². The third-order valence-electron chi connectivity index (χ3n) is 4.21. The van der Waals surface area contributed by atoms with Crippen LogP contribution in [0.5, 0.6) is 0 Å². The third kappa shape index (κ3) is 5.01. The highest BCUT2D eigenvalue weighted by atomic mass is 35.5. The van der Waals surface area contributed by atoms with Crippen LogP contribution in [0, 0.1) is 6.92 Å². The Morgan fingerprint density at radius 2 is 1.90 bits per heavy atom. The number of amides is 1. The van der Waals surface area contributed by atoms with Crippen LogP contribution in [0.3, 0.4) is 0 Å². The van der Waals surface area contributed by atoms with Crippen LogP contribution in [0.25, 0.3) is 0 Å². The smallest absolute Gasteiger partial charge is 0.251 e. The van der Waals surface area contributed by atoms with Gasteiger partial charge in [-0.05, 0) is 37.5 Å². The van der Waals surface area contributed by atoms with Gasteiger partial charge in [-0.3, -0.25) is 4.79 Å². The highest BCUT2D eigenvalue weighted by Gasteiger charge is 2.12. The molecular formula is C17H25ClN2O. The van der Waals surface area contributed by atoms with Crippen molar-refractivity contribution in [2.75, 3.05) is 13.1 Å². The number of halogens is 1. The second-order valence-corrected chi connectivity index (χ2v) is 6.22. The first-order valence-electron chi connectivity index (χ1n) is 7.95. The molecule has 0 atom stereocenters. The monoisotopic (exact) mass is 308 g/mol. The Morgan fingerprint density at radius 1 is 1.19 bits per heavy atom. The zero-order valence-corrected chi connectivity index (χ0v) is 13.5. The first-order valence-corrected chi connectivity index (χ1v) is 8.33. The molecule has 0 heterocycles. The van der Waals surface area contributed by atoms with Gasteiger partial charge in [-0.2, -0.15) is 0 Å². The van der Waals surface area contributed by atoms with Crippen molar-refractivity contribution < 1.29 is 4.79 Å². The zero-order valence-electron chi connectivity index (χ0n) is 12.8. The molecular weight excluding hydrogens is 284 g/mol. The predicted molar refractivity (Wildman–Crippen MR) is 88.0 cm³/mol. The number of rotatable bonds is 5. The first-order chi connectivity index (χ1) is 10.2. The van der Waals surface area contributed by atoms with Crippen molar-refractivity contribution in [1.29, 1.82) is 0 Å². The molecule has 1 aliphatic rings. The van der Waals surface area contributed by atoms with E-state index >= 15 is 0 Å². The van der Waals surface area contributed by atoms with Crippen molar-refractivity contribution in [3.63, 3.8) is 0 Å². The fraction of sp³-hybridized carbons (Fsp3) is 0.588. The average molecular weight is 309 g/mol. The Kier molecular flexibility index (Phi) is 6.52. The molecule has 0 aliphatic heterocycles. The van der Waals surface area contributed by atoms with Gasteiger partial charge >= 0.3 is 0 Å². The van der Waals surface area contributed by atoms with Crippen LogP contribution in [0.2, 0.25) is 5.02 Å². The second-order valence-electron chi connectivity index (χ2n) is 5.81. The average Bonchev–Trinajstić information content (AvgIpc) is 2.75. The van der Waals surface area contributed by atoms with Crippen LogP contribution in [0.4, 0.5) is 0 Å². The van der Waals surface area contributed by atoms with Gasteiger partial charge < -0.3 is 10.6 Å². The molecule has 3 nitrogen and oxygen atoms in total. The van der Waals surface area contributed by atoms with Crippen molar-refractivity contribution >= 4 is 17.5 Å². The SMILES string of the molecule is Cc1c(Cl)cccc1C(=O)NCCNC1CCCCCC1. The Balaban J connectivity index is 1.73. The normalized spacial score (nSPS) is 16.5. The van der Waals surface area contributed by atoms with Crippen molar-refractivity contribution in [2.24, 2.45) is 0 Å². The lowest BCUT2D eigenvalue weighted by Crippen LogP contribution is -2.37. The minimum atomic E-state index is -0.0438. The molecule has 0 bridgehead atoms. The lowest BCUT2D eigenvalue weighted by Gasteiger charge is -2.16. The van der Waals surface area contributed by atoms with Crippen LogP contribution < -0.4 is 10.6 Å². The summed E-state index contributed by atoms with van der Waals surface area (Å²) in [5, 5.41) is 7.15. The van der Waals surface area contributed by atoms with E-state index in [-0.39, 0.29) is 5.91 Å². The van der Waals surface area contributed by atoms with Crippen LogP contribution in [0.15, 0.2) is 18.2 Å². The molecule has 1 aromatic rings. The zero-order chi connectivity index (χ0) is 15.1. The van der Waals surface area contributed by atoms with E-state index in [0.717, 1.165) is 12.1 Å². The minimum Gasteiger partial charge on any atom is -0.351 e. The molecule has 0 unspecified atom stereocenters. The van der Waals surface area contributed by atoms with Crippen molar-refractivity contribution in [2.45, 2.75) is 51.5 Å². The maximum atomic E-state index is 12.1.